The second-order valence-electron chi connectivity index (χ2n) is 8.09. The Bertz CT molecular complexity index is 314. The summed E-state index contributed by atoms with van der Waals surface area (Å²) in [7, 11) is 9.40. The van der Waals surface area contributed by atoms with Gasteiger partial charge in [-0.25, -0.2) is 0 Å². The molecule has 0 aromatic carbocycles. The van der Waals surface area contributed by atoms with Crippen LogP contribution in [0.4, 0.5) is 0 Å². The first kappa shape index (κ1) is 29.8. The van der Waals surface area contributed by atoms with Crippen LogP contribution in [0.25, 0.3) is 0 Å². The van der Waals surface area contributed by atoms with Crippen LogP contribution in [-0.2, 0) is 12.7 Å². The van der Waals surface area contributed by atoms with E-state index in [0.29, 0.717) is 24.5 Å². The Kier molecular flexibility index (Phi) is 23.0. The van der Waals surface area contributed by atoms with Crippen LogP contribution < -0.4 is 42.5 Å². The van der Waals surface area contributed by atoms with Gasteiger partial charge in [-0.2, -0.15) is 0 Å². The molecule has 0 aliphatic carbocycles. The third-order valence-corrected chi connectivity index (χ3v) is 5.62. The summed E-state index contributed by atoms with van der Waals surface area (Å²) in [5, 5.41) is 28.9. The molecule has 2 heterocycles. The van der Waals surface area contributed by atoms with E-state index < -0.39 is 0 Å². The molecule has 8 N–H and O–H groups in total. The second-order valence-corrected chi connectivity index (χ2v) is 9.72. The Labute approximate surface area is 204 Å². The quantitative estimate of drug-likeness (QED) is 0.208. The Morgan fingerprint density at radius 2 is 0.613 bits per heavy atom. The summed E-state index contributed by atoms with van der Waals surface area (Å²) in [6.45, 7) is 17.1. The maximum atomic E-state index is 4.70. The van der Waals surface area contributed by atoms with Crippen molar-refractivity contribution in [3.63, 3.8) is 0 Å². The van der Waals surface area contributed by atoms with Gasteiger partial charge < -0.3 is 42.5 Å². The predicted molar refractivity (Wildman–Crippen MR) is 131 cm³/mol. The first-order valence-corrected chi connectivity index (χ1v) is 14.6. The molecule has 2 fully saturated rings. The van der Waals surface area contributed by atoms with Gasteiger partial charge in [-0.1, -0.05) is 0 Å². The van der Waals surface area contributed by atoms with E-state index in [1.807, 2.05) is 0 Å². The molecule has 0 unspecified atom stereocenters. The number of hydrogen-bond donors (Lipinski definition) is 8. The third-order valence-electron chi connectivity index (χ3n) is 5.62. The van der Waals surface area contributed by atoms with E-state index in [2.05, 4.69) is 42.5 Å². The summed E-state index contributed by atoms with van der Waals surface area (Å²) in [6, 6.07) is 0. The van der Waals surface area contributed by atoms with E-state index in [9.17, 15) is 0 Å². The standard InChI is InChI=1S/C20H46N8.2ClH.Ni/c1-3-21-7-11-25-15-19(16-26-12-8-22-4-1)20-17-27-13-9-23-5-2-6-24-10-14-28-18-20;;;/h19-28H,1-18H2;2*1H;/q;;;+2/p-2. The van der Waals surface area contributed by atoms with E-state index in [-0.39, 0.29) is 0 Å². The molecule has 0 spiro atoms. The number of halogens is 2. The van der Waals surface area contributed by atoms with E-state index in [1.54, 1.807) is 0 Å². The fourth-order valence-corrected chi connectivity index (χ4v) is 3.84. The first-order valence-electron chi connectivity index (χ1n) is 11.9. The van der Waals surface area contributed by atoms with Gasteiger partial charge in [0.2, 0.25) is 0 Å². The summed E-state index contributed by atoms with van der Waals surface area (Å²) in [5.74, 6) is 1.24. The van der Waals surface area contributed by atoms with E-state index in [0.717, 1.165) is 105 Å². The van der Waals surface area contributed by atoms with Crippen LogP contribution in [0, 0.1) is 11.8 Å². The average Bonchev–Trinajstić information content (AvgIpc) is 2.77. The third kappa shape index (κ3) is 18.8. The van der Waals surface area contributed by atoms with Crippen LogP contribution in [0.1, 0.15) is 12.8 Å². The molecule has 0 radical (unpaired) electrons. The molecule has 0 saturated carbocycles. The second kappa shape index (κ2) is 23.9. The molecular weight excluding hydrogens is 482 g/mol. The van der Waals surface area contributed by atoms with Crippen LogP contribution in [-0.4, -0.2) is 105 Å². The Balaban J connectivity index is 0.00000151. The van der Waals surface area contributed by atoms with Gasteiger partial charge in [0.05, 0.1) is 0 Å². The average molecular weight is 528 g/mol. The summed E-state index contributed by atoms with van der Waals surface area (Å²) >= 11 is 0.569. The molecule has 11 heteroatoms. The van der Waals surface area contributed by atoms with E-state index in [1.165, 1.54) is 12.8 Å². The van der Waals surface area contributed by atoms with Crippen LogP contribution in [0.3, 0.4) is 0 Å². The molecule has 190 valence electrons. The number of rotatable bonds is 1. The van der Waals surface area contributed by atoms with E-state index in [4.69, 9.17) is 20.4 Å². The van der Waals surface area contributed by atoms with Crippen molar-refractivity contribution in [1.29, 1.82) is 0 Å². The van der Waals surface area contributed by atoms with Crippen molar-refractivity contribution in [3.8, 4) is 0 Å². The Morgan fingerprint density at radius 1 is 0.387 bits per heavy atom. The summed E-state index contributed by atoms with van der Waals surface area (Å²) in [4.78, 5) is 0. The maximum absolute atomic E-state index is 4.70. The Hall–Kier alpha value is 0.754. The monoisotopic (exact) mass is 526 g/mol. The molecule has 0 amide bonds. The summed E-state index contributed by atoms with van der Waals surface area (Å²) < 4.78 is 0. The van der Waals surface area contributed by atoms with Crippen molar-refractivity contribution < 1.29 is 12.7 Å². The van der Waals surface area contributed by atoms with Gasteiger partial charge in [0, 0.05) is 52.4 Å². The SMILES string of the molecule is C1CNCCNCC(C2CNCCNCCCNCCNC2)CNCCNC1.[Cl][Ni][Cl]. The van der Waals surface area contributed by atoms with E-state index >= 15 is 0 Å². The molecule has 0 bridgehead atoms. The van der Waals surface area contributed by atoms with Gasteiger partial charge >= 0.3 is 33.0 Å². The zero-order chi connectivity index (χ0) is 22.2. The van der Waals surface area contributed by atoms with Crippen LogP contribution in [0.5, 0.6) is 0 Å². The van der Waals surface area contributed by atoms with Gasteiger partial charge in [-0.15, -0.1) is 0 Å². The molecule has 2 aliphatic rings. The van der Waals surface area contributed by atoms with Crippen LogP contribution in [0.15, 0.2) is 0 Å². The van der Waals surface area contributed by atoms with Gasteiger partial charge in [-0.3, -0.25) is 0 Å². The normalized spacial score (nSPS) is 24.3. The van der Waals surface area contributed by atoms with Crippen molar-refractivity contribution in [2.75, 3.05) is 105 Å². The molecule has 2 aliphatic heterocycles. The van der Waals surface area contributed by atoms with Crippen molar-refractivity contribution in [2.24, 2.45) is 11.8 Å². The van der Waals surface area contributed by atoms with Gasteiger partial charge in [0.25, 0.3) is 0 Å². The van der Waals surface area contributed by atoms with Gasteiger partial charge in [0.15, 0.2) is 0 Å². The molecule has 31 heavy (non-hydrogen) atoms. The van der Waals surface area contributed by atoms with Crippen molar-refractivity contribution >= 4 is 20.4 Å². The predicted octanol–water partition coefficient (Wildman–Crippen LogP) is -0.880. The molecule has 2 rings (SSSR count). The summed E-state index contributed by atoms with van der Waals surface area (Å²) in [5.41, 5.74) is 0. The topological polar surface area (TPSA) is 96.2 Å². The minimum atomic E-state index is 0.569. The van der Waals surface area contributed by atoms with Crippen LogP contribution in [0.2, 0.25) is 0 Å². The molecule has 8 nitrogen and oxygen atoms in total. The number of nitrogens with one attached hydrogen (secondary N) is 8. The summed E-state index contributed by atoms with van der Waals surface area (Å²) in [6.07, 6.45) is 2.40. The zero-order valence-corrected chi connectivity index (χ0v) is 21.5. The van der Waals surface area contributed by atoms with Crippen molar-refractivity contribution in [1.82, 2.24) is 42.5 Å². The molecule has 0 atom stereocenters. The Morgan fingerprint density at radius 3 is 0.871 bits per heavy atom. The van der Waals surface area contributed by atoms with Gasteiger partial charge in [0.1, 0.15) is 0 Å². The van der Waals surface area contributed by atoms with Crippen LogP contribution >= 0.6 is 20.4 Å². The molecule has 0 aromatic heterocycles. The number of hydrogen-bond acceptors (Lipinski definition) is 8. The fourth-order valence-electron chi connectivity index (χ4n) is 3.84. The first-order chi connectivity index (χ1) is 15.4. The van der Waals surface area contributed by atoms with Crippen molar-refractivity contribution in [3.05, 3.63) is 0 Å². The molecule has 2 saturated heterocycles. The molecular formula is C20H46Cl2N8Ni. The van der Waals surface area contributed by atoms with Crippen molar-refractivity contribution in [2.45, 2.75) is 12.8 Å². The minimum absolute atomic E-state index is 0.569. The van der Waals surface area contributed by atoms with Gasteiger partial charge in [-0.05, 0) is 77.0 Å². The zero-order valence-electron chi connectivity index (χ0n) is 19.0. The molecule has 0 aromatic rings. The fraction of sp³-hybridized carbons (Fsp3) is 1.00.